The van der Waals surface area contributed by atoms with Crippen LogP contribution in [0.5, 0.6) is 0 Å². The number of hydrogen-bond acceptors (Lipinski definition) is 4. The Hall–Kier alpha value is -1.85. The van der Waals surface area contributed by atoms with E-state index < -0.39 is 18.3 Å². The topological polar surface area (TPSA) is 44.8 Å². The highest BCUT2D eigenvalue weighted by atomic mass is 16.7. The molecule has 5 fully saturated rings. The first kappa shape index (κ1) is 22.9. The zero-order valence-corrected chi connectivity index (χ0v) is 20.9. The number of carbonyl (C=O) groups excluding carboxylic acids is 1. The first-order valence-electron chi connectivity index (χ1n) is 12.5. The van der Waals surface area contributed by atoms with E-state index in [0.717, 1.165) is 34.2 Å². The third-order valence-corrected chi connectivity index (χ3v) is 8.84. The Kier molecular flexibility index (Phi) is 5.65. The van der Waals surface area contributed by atoms with Crippen molar-refractivity contribution in [2.45, 2.75) is 77.9 Å². The molecule has 0 spiro atoms. The summed E-state index contributed by atoms with van der Waals surface area (Å²) >= 11 is 0. The predicted octanol–water partition coefficient (Wildman–Crippen LogP) is 5.40. The molecular formula is C28H37BO4. The molecule has 5 heteroatoms. The largest absolute Gasteiger partial charge is 0.496 e. The molecule has 0 unspecified atom stereocenters. The maximum absolute atomic E-state index is 11.6. The summed E-state index contributed by atoms with van der Waals surface area (Å²) in [5, 5.41) is 0. The lowest BCUT2D eigenvalue weighted by molar-refractivity contribution is -0.112. The van der Waals surface area contributed by atoms with Crippen LogP contribution >= 0.6 is 0 Å². The van der Waals surface area contributed by atoms with E-state index in [9.17, 15) is 4.79 Å². The highest BCUT2D eigenvalue weighted by Gasteiger charge is 2.52. The molecule has 4 aliphatic carbocycles. The Morgan fingerprint density at radius 3 is 2.09 bits per heavy atom. The van der Waals surface area contributed by atoms with Crippen molar-refractivity contribution >= 4 is 30.2 Å². The quantitative estimate of drug-likeness (QED) is 0.344. The van der Waals surface area contributed by atoms with Crippen molar-refractivity contribution in [2.24, 2.45) is 23.7 Å². The van der Waals surface area contributed by atoms with E-state index in [1.807, 2.05) is 13.2 Å². The second-order valence-electron chi connectivity index (χ2n) is 11.7. The number of rotatable bonds is 5. The van der Waals surface area contributed by atoms with E-state index in [4.69, 9.17) is 14.0 Å². The first-order chi connectivity index (χ1) is 15.6. The molecule has 0 N–H and O–H groups in total. The average Bonchev–Trinajstić information content (AvgIpc) is 2.95. The van der Waals surface area contributed by atoms with Crippen molar-refractivity contribution in [3.8, 4) is 0 Å². The summed E-state index contributed by atoms with van der Waals surface area (Å²) in [6.07, 6.45) is 10.2. The lowest BCUT2D eigenvalue weighted by atomic mass is 9.54. The van der Waals surface area contributed by atoms with Gasteiger partial charge in [0, 0.05) is 5.56 Å². The van der Waals surface area contributed by atoms with Crippen molar-refractivity contribution < 1.29 is 18.8 Å². The molecule has 176 valence electrons. The zero-order valence-electron chi connectivity index (χ0n) is 20.9. The molecule has 4 bridgehead atoms. The number of carbonyl (C=O) groups is 1. The van der Waals surface area contributed by atoms with Crippen LogP contribution in [0.4, 0.5) is 0 Å². The van der Waals surface area contributed by atoms with E-state index >= 15 is 0 Å². The molecule has 1 aromatic rings. The van der Waals surface area contributed by atoms with Crippen molar-refractivity contribution in [3.05, 3.63) is 41.0 Å². The molecule has 1 aromatic carbocycles. The van der Waals surface area contributed by atoms with Gasteiger partial charge in [0.25, 0.3) is 0 Å². The van der Waals surface area contributed by atoms with Gasteiger partial charge in [-0.3, -0.25) is 4.79 Å². The zero-order chi connectivity index (χ0) is 23.5. The minimum atomic E-state index is -0.497. The molecule has 33 heavy (non-hydrogen) atoms. The molecule has 0 atom stereocenters. The SMILES string of the molecule is COC(=C1C2CC3CC(C2)CC1C3)c1ccc(/C=C/C(C)=O)c(B2OC(C)(C)C(C)(C)O2)c1. The smallest absolute Gasteiger partial charge is 0.495 e. The summed E-state index contributed by atoms with van der Waals surface area (Å²) in [6, 6.07) is 6.37. The first-order valence-corrected chi connectivity index (χ1v) is 12.5. The van der Waals surface area contributed by atoms with Crippen LogP contribution in [0, 0.1) is 23.7 Å². The minimum absolute atomic E-state index is 0.0206. The van der Waals surface area contributed by atoms with Gasteiger partial charge in [-0.2, -0.15) is 0 Å². The van der Waals surface area contributed by atoms with Gasteiger partial charge in [0.15, 0.2) is 5.78 Å². The summed E-state index contributed by atoms with van der Waals surface area (Å²) in [6.45, 7) is 9.84. The van der Waals surface area contributed by atoms with E-state index in [-0.39, 0.29) is 5.78 Å². The van der Waals surface area contributed by atoms with E-state index in [1.165, 1.54) is 37.7 Å². The molecule has 4 nitrogen and oxygen atoms in total. The van der Waals surface area contributed by atoms with Gasteiger partial charge < -0.3 is 14.0 Å². The van der Waals surface area contributed by atoms with Crippen LogP contribution in [0.1, 0.15) is 77.8 Å². The van der Waals surface area contributed by atoms with Crippen molar-refractivity contribution in [1.82, 2.24) is 0 Å². The fraction of sp³-hybridized carbons (Fsp3) is 0.607. The van der Waals surface area contributed by atoms with Gasteiger partial charge in [0.1, 0.15) is 5.76 Å². The second kappa shape index (κ2) is 8.13. The molecular weight excluding hydrogens is 411 g/mol. The molecule has 0 radical (unpaired) electrons. The average molecular weight is 448 g/mol. The van der Waals surface area contributed by atoms with Crippen LogP contribution in [-0.2, 0) is 18.8 Å². The van der Waals surface area contributed by atoms with Crippen LogP contribution in [0.25, 0.3) is 11.8 Å². The molecule has 1 saturated heterocycles. The standard InChI is InChI=1S/C28H37BO4/c1-17(30)7-8-20-9-10-21(16-24(20)29-32-27(2,3)28(4,5)33-29)26(31-6)25-22-12-18-11-19(14-22)15-23(25)13-18/h7-10,16,18-19,22-23H,11-15H2,1-6H3/b8-7+,26-25?. The number of hydrogen-bond donors (Lipinski definition) is 0. The number of ketones is 1. The van der Waals surface area contributed by atoms with Crippen LogP contribution in [0.15, 0.2) is 29.8 Å². The number of benzene rings is 1. The molecule has 6 rings (SSSR count). The van der Waals surface area contributed by atoms with Crippen molar-refractivity contribution in [2.75, 3.05) is 7.11 Å². The minimum Gasteiger partial charge on any atom is -0.496 e. The summed E-state index contributed by atoms with van der Waals surface area (Å²) in [7, 11) is 1.31. The van der Waals surface area contributed by atoms with Crippen LogP contribution in [0.3, 0.4) is 0 Å². The highest BCUT2D eigenvalue weighted by Crippen LogP contribution is 2.57. The second-order valence-corrected chi connectivity index (χ2v) is 11.7. The third-order valence-electron chi connectivity index (χ3n) is 8.84. The predicted molar refractivity (Wildman–Crippen MR) is 133 cm³/mol. The van der Waals surface area contributed by atoms with Crippen LogP contribution in [-0.4, -0.2) is 31.2 Å². The maximum Gasteiger partial charge on any atom is 0.495 e. The van der Waals surface area contributed by atoms with Crippen LogP contribution in [0.2, 0.25) is 0 Å². The summed E-state index contributed by atoms with van der Waals surface area (Å²) < 4.78 is 18.9. The van der Waals surface area contributed by atoms with Gasteiger partial charge in [0.2, 0.25) is 0 Å². The lowest BCUT2D eigenvalue weighted by Crippen LogP contribution is -2.41. The fourth-order valence-electron chi connectivity index (χ4n) is 6.71. The summed E-state index contributed by atoms with van der Waals surface area (Å²) in [5.74, 6) is 4.21. The van der Waals surface area contributed by atoms with Gasteiger partial charge >= 0.3 is 7.12 Å². The monoisotopic (exact) mass is 448 g/mol. The van der Waals surface area contributed by atoms with E-state index in [1.54, 1.807) is 13.0 Å². The summed E-state index contributed by atoms with van der Waals surface area (Å²) in [4.78, 5) is 11.6. The fourth-order valence-corrected chi connectivity index (χ4v) is 6.71. The molecule has 1 heterocycles. The van der Waals surface area contributed by atoms with E-state index in [2.05, 4.69) is 45.9 Å². The molecule has 5 aliphatic rings. The Bertz CT molecular complexity index is 973. The van der Waals surface area contributed by atoms with Crippen LogP contribution < -0.4 is 5.46 Å². The molecule has 0 amide bonds. The van der Waals surface area contributed by atoms with Crippen molar-refractivity contribution in [3.63, 3.8) is 0 Å². The summed E-state index contributed by atoms with van der Waals surface area (Å²) in [5.41, 5.74) is 3.65. The van der Waals surface area contributed by atoms with Gasteiger partial charge in [-0.15, -0.1) is 0 Å². The van der Waals surface area contributed by atoms with Crippen molar-refractivity contribution in [1.29, 1.82) is 0 Å². The molecule has 1 aliphatic heterocycles. The number of allylic oxidation sites excluding steroid dienone is 2. The molecule has 4 saturated carbocycles. The van der Waals surface area contributed by atoms with Gasteiger partial charge in [-0.05, 0) is 113 Å². The Balaban J connectivity index is 1.58. The van der Waals surface area contributed by atoms with Gasteiger partial charge in [0.05, 0.1) is 18.3 Å². The highest BCUT2D eigenvalue weighted by molar-refractivity contribution is 6.63. The molecule has 0 aromatic heterocycles. The normalized spacial score (nSPS) is 31.5. The Labute approximate surface area is 198 Å². The van der Waals surface area contributed by atoms with Gasteiger partial charge in [-0.25, -0.2) is 0 Å². The van der Waals surface area contributed by atoms with E-state index in [0.29, 0.717) is 11.8 Å². The Morgan fingerprint density at radius 2 is 1.58 bits per heavy atom. The number of ether oxygens (including phenoxy) is 1. The maximum atomic E-state index is 11.6. The number of methoxy groups -OCH3 is 1. The van der Waals surface area contributed by atoms with Gasteiger partial charge in [-0.1, -0.05) is 24.3 Å². The Morgan fingerprint density at radius 1 is 1.00 bits per heavy atom. The third kappa shape index (κ3) is 4.02. The lowest BCUT2D eigenvalue weighted by Gasteiger charge is -2.51.